The van der Waals surface area contributed by atoms with Crippen LogP contribution >= 0.6 is 0 Å². The standard InChI is InChI=1S/C20H30N2O3/c1-21(2)20(23)16-7-4-6-15(12-16)13-22-10-11-25-14-18(22)17-8-5-9-19(17)24-3/h4,6-7,12,17-19H,5,8-11,13-14H2,1-3H3/t17-,18-,19-/m1/s1. The summed E-state index contributed by atoms with van der Waals surface area (Å²) in [7, 11) is 5.41. The molecule has 138 valence electrons. The van der Waals surface area contributed by atoms with Gasteiger partial charge in [-0.1, -0.05) is 18.6 Å². The molecule has 1 aromatic rings. The van der Waals surface area contributed by atoms with Crippen LogP contribution in [-0.4, -0.2) is 68.8 Å². The zero-order chi connectivity index (χ0) is 17.8. The average Bonchev–Trinajstić information content (AvgIpc) is 3.10. The Bertz CT molecular complexity index is 590. The minimum Gasteiger partial charge on any atom is -0.381 e. The Morgan fingerprint density at radius 1 is 1.36 bits per heavy atom. The van der Waals surface area contributed by atoms with Crippen LogP contribution in [0, 0.1) is 5.92 Å². The van der Waals surface area contributed by atoms with E-state index in [1.54, 1.807) is 19.0 Å². The van der Waals surface area contributed by atoms with Gasteiger partial charge in [-0.15, -0.1) is 0 Å². The van der Waals surface area contributed by atoms with Crippen LogP contribution in [0.5, 0.6) is 0 Å². The van der Waals surface area contributed by atoms with E-state index in [0.717, 1.165) is 38.3 Å². The lowest BCUT2D eigenvalue weighted by Gasteiger charge is -2.40. The van der Waals surface area contributed by atoms with Crippen molar-refractivity contribution in [3.63, 3.8) is 0 Å². The van der Waals surface area contributed by atoms with E-state index in [9.17, 15) is 4.79 Å². The fourth-order valence-electron chi connectivity index (χ4n) is 4.23. The molecule has 3 rings (SSSR count). The van der Waals surface area contributed by atoms with E-state index < -0.39 is 0 Å². The Labute approximate surface area is 150 Å². The lowest BCUT2D eigenvalue weighted by Crippen LogP contribution is -2.50. The molecule has 5 nitrogen and oxygen atoms in total. The van der Waals surface area contributed by atoms with Gasteiger partial charge in [0.05, 0.1) is 19.3 Å². The summed E-state index contributed by atoms with van der Waals surface area (Å²) in [5.74, 6) is 0.590. The largest absolute Gasteiger partial charge is 0.381 e. The molecule has 2 aliphatic rings. The van der Waals surface area contributed by atoms with Crippen molar-refractivity contribution < 1.29 is 14.3 Å². The number of amides is 1. The third kappa shape index (κ3) is 4.22. The molecule has 25 heavy (non-hydrogen) atoms. The number of carbonyl (C=O) groups is 1. The third-order valence-electron chi connectivity index (χ3n) is 5.55. The molecular weight excluding hydrogens is 316 g/mol. The maximum Gasteiger partial charge on any atom is 0.253 e. The Balaban J connectivity index is 1.73. The van der Waals surface area contributed by atoms with Crippen molar-refractivity contribution in [2.45, 2.75) is 38.0 Å². The van der Waals surface area contributed by atoms with Gasteiger partial charge in [-0.2, -0.15) is 0 Å². The molecule has 2 fully saturated rings. The fraction of sp³-hybridized carbons (Fsp3) is 0.650. The van der Waals surface area contributed by atoms with Crippen LogP contribution in [0.25, 0.3) is 0 Å². The van der Waals surface area contributed by atoms with Crippen LogP contribution in [-0.2, 0) is 16.0 Å². The number of benzene rings is 1. The highest BCUT2D eigenvalue weighted by Gasteiger charge is 2.38. The second-order valence-electron chi connectivity index (χ2n) is 7.38. The molecule has 1 heterocycles. The second-order valence-corrected chi connectivity index (χ2v) is 7.38. The van der Waals surface area contributed by atoms with E-state index in [1.807, 2.05) is 25.3 Å². The van der Waals surface area contributed by atoms with Crippen LogP contribution < -0.4 is 0 Å². The van der Waals surface area contributed by atoms with Crippen molar-refractivity contribution >= 4 is 5.91 Å². The van der Waals surface area contributed by atoms with Crippen molar-refractivity contribution in [2.24, 2.45) is 5.92 Å². The number of morpholine rings is 1. The first-order valence-electron chi connectivity index (χ1n) is 9.25. The molecule has 1 amide bonds. The summed E-state index contributed by atoms with van der Waals surface area (Å²) in [5.41, 5.74) is 1.94. The smallest absolute Gasteiger partial charge is 0.253 e. The first kappa shape index (κ1) is 18.4. The Kier molecular flexibility index (Phi) is 6.10. The van der Waals surface area contributed by atoms with Gasteiger partial charge in [0, 0.05) is 51.8 Å². The summed E-state index contributed by atoms with van der Waals surface area (Å²) in [6.45, 7) is 3.34. The number of ether oxygens (including phenoxy) is 2. The van der Waals surface area contributed by atoms with Crippen LogP contribution in [0.2, 0.25) is 0 Å². The van der Waals surface area contributed by atoms with Gasteiger partial charge in [-0.25, -0.2) is 0 Å². The normalized spacial score (nSPS) is 27.4. The molecule has 1 saturated carbocycles. The zero-order valence-corrected chi connectivity index (χ0v) is 15.6. The van der Waals surface area contributed by atoms with Gasteiger partial charge in [-0.05, 0) is 30.5 Å². The Hall–Kier alpha value is -1.43. The molecule has 0 spiro atoms. The van der Waals surface area contributed by atoms with Crippen LogP contribution in [0.4, 0.5) is 0 Å². The van der Waals surface area contributed by atoms with Crippen molar-refractivity contribution in [3.05, 3.63) is 35.4 Å². The Morgan fingerprint density at radius 2 is 2.20 bits per heavy atom. The van der Waals surface area contributed by atoms with Crippen molar-refractivity contribution in [1.82, 2.24) is 9.80 Å². The summed E-state index contributed by atoms with van der Waals surface area (Å²) < 4.78 is 11.5. The lowest BCUT2D eigenvalue weighted by molar-refractivity contribution is -0.0608. The first-order chi connectivity index (χ1) is 12.1. The molecule has 5 heteroatoms. The summed E-state index contributed by atoms with van der Waals surface area (Å²) in [6, 6.07) is 8.41. The molecular formula is C20H30N2O3. The van der Waals surface area contributed by atoms with Crippen molar-refractivity contribution in [2.75, 3.05) is 41.0 Å². The van der Waals surface area contributed by atoms with E-state index in [0.29, 0.717) is 18.1 Å². The SMILES string of the molecule is CO[C@@H]1CCC[C@@H]1[C@H]1COCCN1Cc1cccc(C(=O)N(C)C)c1. The van der Waals surface area contributed by atoms with E-state index in [4.69, 9.17) is 9.47 Å². The molecule has 1 saturated heterocycles. The van der Waals surface area contributed by atoms with E-state index in [2.05, 4.69) is 11.0 Å². The van der Waals surface area contributed by atoms with Crippen LogP contribution in [0.1, 0.15) is 35.2 Å². The van der Waals surface area contributed by atoms with Gasteiger partial charge < -0.3 is 14.4 Å². The third-order valence-corrected chi connectivity index (χ3v) is 5.55. The molecule has 1 aliphatic carbocycles. The van der Waals surface area contributed by atoms with Gasteiger partial charge in [0.25, 0.3) is 5.91 Å². The highest BCUT2D eigenvalue weighted by molar-refractivity contribution is 5.94. The van der Waals surface area contributed by atoms with Gasteiger partial charge in [-0.3, -0.25) is 9.69 Å². The van der Waals surface area contributed by atoms with Gasteiger partial charge in [0.15, 0.2) is 0 Å². The molecule has 1 aromatic carbocycles. The van der Waals surface area contributed by atoms with E-state index in [1.165, 1.54) is 18.4 Å². The highest BCUT2D eigenvalue weighted by atomic mass is 16.5. The monoisotopic (exact) mass is 346 g/mol. The van der Waals surface area contributed by atoms with Gasteiger partial charge in [0.2, 0.25) is 0 Å². The Morgan fingerprint density at radius 3 is 2.96 bits per heavy atom. The van der Waals surface area contributed by atoms with Crippen LogP contribution in [0.15, 0.2) is 24.3 Å². The maximum absolute atomic E-state index is 12.2. The minimum atomic E-state index is 0.0515. The maximum atomic E-state index is 12.2. The summed E-state index contributed by atoms with van der Waals surface area (Å²) in [4.78, 5) is 16.4. The molecule has 0 aromatic heterocycles. The van der Waals surface area contributed by atoms with Crippen molar-refractivity contribution in [3.8, 4) is 0 Å². The lowest BCUT2D eigenvalue weighted by atomic mass is 9.93. The molecule has 1 aliphatic heterocycles. The number of hydrogen-bond acceptors (Lipinski definition) is 4. The van der Waals surface area contributed by atoms with Crippen molar-refractivity contribution in [1.29, 1.82) is 0 Å². The zero-order valence-electron chi connectivity index (χ0n) is 15.6. The average molecular weight is 346 g/mol. The minimum absolute atomic E-state index is 0.0515. The van der Waals surface area contributed by atoms with E-state index in [-0.39, 0.29) is 5.91 Å². The molecule has 0 N–H and O–H groups in total. The summed E-state index contributed by atoms with van der Waals surface area (Å²) in [5, 5.41) is 0. The number of nitrogens with zero attached hydrogens (tertiary/aromatic N) is 2. The highest BCUT2D eigenvalue weighted by Crippen LogP contribution is 2.34. The summed E-state index contributed by atoms with van der Waals surface area (Å²) in [6.07, 6.45) is 3.94. The number of methoxy groups -OCH3 is 1. The van der Waals surface area contributed by atoms with Gasteiger partial charge >= 0.3 is 0 Å². The second kappa shape index (κ2) is 8.30. The summed E-state index contributed by atoms with van der Waals surface area (Å²) >= 11 is 0. The number of carbonyl (C=O) groups excluding carboxylic acids is 1. The molecule has 3 atom stereocenters. The first-order valence-corrected chi connectivity index (χ1v) is 9.25. The van der Waals surface area contributed by atoms with Gasteiger partial charge in [0.1, 0.15) is 0 Å². The fourth-order valence-corrected chi connectivity index (χ4v) is 4.23. The predicted octanol–water partition coefficient (Wildman–Crippen LogP) is 2.40. The molecule has 0 unspecified atom stereocenters. The topological polar surface area (TPSA) is 42.0 Å². The van der Waals surface area contributed by atoms with Crippen LogP contribution in [0.3, 0.4) is 0 Å². The number of hydrogen-bond donors (Lipinski definition) is 0. The molecule has 0 bridgehead atoms. The number of rotatable bonds is 5. The predicted molar refractivity (Wildman–Crippen MR) is 97.6 cm³/mol. The van der Waals surface area contributed by atoms with E-state index >= 15 is 0 Å². The quantitative estimate of drug-likeness (QED) is 0.821. The molecule has 0 radical (unpaired) electrons.